The molecule has 0 N–H and O–H groups in total. The molecule has 6 aromatic carbocycles. The second-order valence-electron chi connectivity index (χ2n) is 13.8. The molecule has 0 heterocycles. The minimum Gasteiger partial charge on any atom is -0.497 e. The molecular weight excluding hydrogens is 702 g/mol. The average Bonchev–Trinajstić information content (AvgIpc) is 3.25. The zero-order valence-electron chi connectivity index (χ0n) is 31.9. The van der Waals surface area contributed by atoms with Crippen molar-refractivity contribution in [3.05, 3.63) is 156 Å². The molecule has 0 atom stereocenters. The summed E-state index contributed by atoms with van der Waals surface area (Å²) in [5.41, 5.74) is 6.13. The first-order valence-electron chi connectivity index (χ1n) is 19.0. The fourth-order valence-corrected chi connectivity index (χ4v) is 12.1. The molecule has 0 fully saturated rings. The number of aryl methyl sites for hydroxylation is 4. The third kappa shape index (κ3) is 8.84. The number of hydrogen-bond donors (Lipinski definition) is 0. The average molecular weight is 753 g/mol. The van der Waals surface area contributed by atoms with Gasteiger partial charge in [-0.05, 0) is 170 Å². The van der Waals surface area contributed by atoms with Gasteiger partial charge in [-0.3, -0.25) is 0 Å². The van der Waals surface area contributed by atoms with Gasteiger partial charge >= 0.3 is 0 Å². The van der Waals surface area contributed by atoms with Crippen LogP contribution in [-0.2, 0) is 25.7 Å². The zero-order chi connectivity index (χ0) is 37.3. The minimum atomic E-state index is -0.607. The molecule has 54 heavy (non-hydrogen) atoms. The van der Waals surface area contributed by atoms with Gasteiger partial charge in [0.1, 0.15) is 23.0 Å². The van der Waals surface area contributed by atoms with E-state index in [9.17, 15) is 0 Å². The molecular formula is C48H50O4P2. The first-order chi connectivity index (χ1) is 26.6. The molecule has 276 valence electrons. The number of methoxy groups -OCH3 is 4. The quantitative estimate of drug-likeness (QED) is 0.131. The summed E-state index contributed by atoms with van der Waals surface area (Å²) in [6.45, 7) is 0. The van der Waals surface area contributed by atoms with Crippen LogP contribution in [0.4, 0.5) is 0 Å². The van der Waals surface area contributed by atoms with E-state index in [-0.39, 0.29) is 0 Å². The molecule has 0 amide bonds. The van der Waals surface area contributed by atoms with Crippen LogP contribution in [0.25, 0.3) is 0 Å². The maximum absolute atomic E-state index is 5.36. The predicted molar refractivity (Wildman–Crippen MR) is 230 cm³/mol. The summed E-state index contributed by atoms with van der Waals surface area (Å²) in [7, 11) is 5.64. The van der Waals surface area contributed by atoms with E-state index in [1.165, 1.54) is 105 Å². The van der Waals surface area contributed by atoms with E-state index >= 15 is 0 Å². The first-order valence-corrected chi connectivity index (χ1v) is 21.7. The Morgan fingerprint density at radius 2 is 0.537 bits per heavy atom. The Kier molecular flexibility index (Phi) is 12.7. The van der Waals surface area contributed by atoms with Crippen molar-refractivity contribution in [3.8, 4) is 23.0 Å². The fourth-order valence-electron chi connectivity index (χ4n) is 7.54. The highest BCUT2D eigenvalue weighted by Gasteiger charge is 2.21. The molecule has 0 unspecified atom stereocenters. The van der Waals surface area contributed by atoms with E-state index in [0.29, 0.717) is 0 Å². The fraction of sp³-hybridized carbons (Fsp3) is 0.250. The Bertz CT molecular complexity index is 1860. The standard InChI is InChI=1S/2C24H25O2P/c2*1-25-20-8-13-22(14-9-20)27(23-15-10-21(26-2)11-16-23)24-12-7-18-5-3-4-6-19(18)17-24/h2*7-17H,3-6H2,1-2H3. The van der Waals surface area contributed by atoms with Crippen LogP contribution in [0.3, 0.4) is 0 Å². The summed E-state index contributed by atoms with van der Waals surface area (Å²) in [4.78, 5) is 0. The number of rotatable bonds is 10. The van der Waals surface area contributed by atoms with E-state index < -0.39 is 15.8 Å². The number of ether oxygens (including phenoxy) is 4. The van der Waals surface area contributed by atoms with E-state index in [1.54, 1.807) is 28.4 Å². The second kappa shape index (κ2) is 18.1. The molecule has 0 aromatic heterocycles. The van der Waals surface area contributed by atoms with Crippen molar-refractivity contribution in [3.63, 3.8) is 0 Å². The molecule has 0 spiro atoms. The largest absolute Gasteiger partial charge is 0.497 e. The topological polar surface area (TPSA) is 36.9 Å². The molecule has 0 saturated heterocycles. The highest BCUT2D eigenvalue weighted by Crippen LogP contribution is 2.37. The van der Waals surface area contributed by atoms with E-state index in [4.69, 9.17) is 18.9 Å². The molecule has 6 heteroatoms. The highest BCUT2D eigenvalue weighted by molar-refractivity contribution is 7.80. The number of hydrogen-bond acceptors (Lipinski definition) is 4. The number of fused-ring (bicyclic) bond motifs is 2. The summed E-state index contributed by atoms with van der Waals surface area (Å²) in [5, 5.41) is 8.19. The predicted octanol–water partition coefficient (Wildman–Crippen LogP) is 8.68. The zero-order valence-corrected chi connectivity index (χ0v) is 33.7. The van der Waals surface area contributed by atoms with Gasteiger partial charge in [-0.2, -0.15) is 0 Å². The Hall–Kier alpha value is -4.62. The van der Waals surface area contributed by atoms with Gasteiger partial charge in [0.25, 0.3) is 0 Å². The summed E-state index contributed by atoms with van der Waals surface area (Å²) >= 11 is 0. The van der Waals surface area contributed by atoms with Crippen molar-refractivity contribution in [1.82, 2.24) is 0 Å². The molecule has 2 aliphatic rings. The lowest BCUT2D eigenvalue weighted by atomic mass is 9.92. The Morgan fingerprint density at radius 1 is 0.296 bits per heavy atom. The third-order valence-electron chi connectivity index (χ3n) is 10.5. The van der Waals surface area contributed by atoms with Crippen molar-refractivity contribution >= 4 is 47.7 Å². The Morgan fingerprint density at radius 3 is 0.796 bits per heavy atom. The smallest absolute Gasteiger partial charge is 0.118 e. The molecule has 6 aromatic rings. The SMILES string of the molecule is COc1ccc(P(c2ccc(OC)cc2)c2ccc3c(c2)CCCC3)cc1.COc1ccc(P(c2ccc(OC)cc2)c2ccc3c(c2)CCCC3)cc1. The van der Waals surface area contributed by atoms with Gasteiger partial charge in [-0.1, -0.05) is 84.9 Å². The van der Waals surface area contributed by atoms with E-state index in [1.807, 2.05) is 0 Å². The highest BCUT2D eigenvalue weighted by atomic mass is 31.1. The summed E-state index contributed by atoms with van der Waals surface area (Å²) < 4.78 is 21.4. The van der Waals surface area contributed by atoms with Gasteiger partial charge in [-0.15, -0.1) is 0 Å². The minimum absolute atomic E-state index is 0.607. The Balaban J connectivity index is 0.000000167. The molecule has 0 saturated carbocycles. The molecule has 2 aliphatic carbocycles. The van der Waals surface area contributed by atoms with Gasteiger partial charge < -0.3 is 18.9 Å². The Labute approximate surface area is 324 Å². The van der Waals surface area contributed by atoms with E-state index in [0.717, 1.165) is 23.0 Å². The van der Waals surface area contributed by atoms with Crippen molar-refractivity contribution in [2.45, 2.75) is 51.4 Å². The van der Waals surface area contributed by atoms with Crippen molar-refractivity contribution in [1.29, 1.82) is 0 Å². The van der Waals surface area contributed by atoms with Crippen molar-refractivity contribution < 1.29 is 18.9 Å². The lowest BCUT2D eigenvalue weighted by molar-refractivity contribution is 0.415. The van der Waals surface area contributed by atoms with Crippen LogP contribution in [0.5, 0.6) is 23.0 Å². The van der Waals surface area contributed by atoms with Crippen LogP contribution < -0.4 is 50.8 Å². The van der Waals surface area contributed by atoms with Crippen LogP contribution in [-0.4, -0.2) is 28.4 Å². The van der Waals surface area contributed by atoms with Crippen LogP contribution in [0.15, 0.2) is 133 Å². The third-order valence-corrected chi connectivity index (χ3v) is 15.4. The molecule has 4 nitrogen and oxygen atoms in total. The normalized spacial score (nSPS) is 13.3. The van der Waals surface area contributed by atoms with Crippen LogP contribution in [0.2, 0.25) is 0 Å². The maximum Gasteiger partial charge on any atom is 0.118 e. The molecule has 8 rings (SSSR count). The molecule has 0 radical (unpaired) electrons. The van der Waals surface area contributed by atoms with Gasteiger partial charge in [0, 0.05) is 0 Å². The van der Waals surface area contributed by atoms with Crippen LogP contribution in [0, 0.1) is 0 Å². The van der Waals surface area contributed by atoms with Crippen molar-refractivity contribution in [2.24, 2.45) is 0 Å². The number of benzene rings is 6. The summed E-state index contributed by atoms with van der Waals surface area (Å²) in [5.74, 6) is 3.59. The monoisotopic (exact) mass is 752 g/mol. The first kappa shape index (κ1) is 37.7. The lowest BCUT2D eigenvalue weighted by Crippen LogP contribution is -2.22. The van der Waals surface area contributed by atoms with Gasteiger partial charge in [-0.25, -0.2) is 0 Å². The van der Waals surface area contributed by atoms with E-state index in [2.05, 4.69) is 133 Å². The lowest BCUT2D eigenvalue weighted by Gasteiger charge is -2.23. The van der Waals surface area contributed by atoms with Crippen LogP contribution >= 0.6 is 15.8 Å². The van der Waals surface area contributed by atoms with Gasteiger partial charge in [0.05, 0.1) is 28.4 Å². The maximum atomic E-state index is 5.36. The molecule has 0 aliphatic heterocycles. The summed E-state index contributed by atoms with van der Waals surface area (Å²) in [6, 6.07) is 48.4. The van der Waals surface area contributed by atoms with Gasteiger partial charge in [0.15, 0.2) is 0 Å². The van der Waals surface area contributed by atoms with Gasteiger partial charge in [0.2, 0.25) is 0 Å². The van der Waals surface area contributed by atoms with Crippen LogP contribution in [0.1, 0.15) is 47.9 Å². The summed E-state index contributed by atoms with van der Waals surface area (Å²) in [6.07, 6.45) is 10.1. The van der Waals surface area contributed by atoms with Crippen molar-refractivity contribution in [2.75, 3.05) is 28.4 Å². The second-order valence-corrected chi connectivity index (χ2v) is 18.2. The molecule has 0 bridgehead atoms.